The summed E-state index contributed by atoms with van der Waals surface area (Å²) in [5, 5.41) is 0. The van der Waals surface area contributed by atoms with Gasteiger partial charge in [-0.15, -0.1) is 0 Å². The van der Waals surface area contributed by atoms with Crippen molar-refractivity contribution in [1.82, 2.24) is 4.90 Å². The van der Waals surface area contributed by atoms with Crippen LogP contribution in [0.3, 0.4) is 0 Å². The first kappa shape index (κ1) is 16.4. The van der Waals surface area contributed by atoms with E-state index in [1.165, 1.54) is 0 Å². The largest absolute Gasteiger partial charge is 0.381 e. The Morgan fingerprint density at radius 2 is 1.50 bits per heavy atom. The van der Waals surface area contributed by atoms with Gasteiger partial charge in [0.15, 0.2) is 5.78 Å². The van der Waals surface area contributed by atoms with Crippen LogP contribution in [0.5, 0.6) is 0 Å². The molecule has 0 N–H and O–H groups in total. The molecule has 0 atom stereocenters. The van der Waals surface area contributed by atoms with Gasteiger partial charge >= 0.3 is 0 Å². The first-order chi connectivity index (χ1) is 11.7. The molecule has 4 nitrogen and oxygen atoms in total. The van der Waals surface area contributed by atoms with Crippen LogP contribution in [0.4, 0.5) is 0 Å². The van der Waals surface area contributed by atoms with E-state index in [4.69, 9.17) is 4.74 Å². The number of piperidine rings is 1. The molecule has 3 rings (SSSR count). The van der Waals surface area contributed by atoms with Crippen molar-refractivity contribution in [3.8, 4) is 0 Å². The quantitative estimate of drug-likeness (QED) is 0.812. The number of methoxy groups -OCH3 is 1. The summed E-state index contributed by atoms with van der Waals surface area (Å²) in [5.41, 5.74) is 1.53. The van der Waals surface area contributed by atoms with E-state index < -0.39 is 0 Å². The second-order valence-electron chi connectivity index (χ2n) is 5.97. The lowest BCUT2D eigenvalue weighted by molar-refractivity contribution is 0.0350. The molecule has 0 aromatic heterocycles. The zero-order valence-electron chi connectivity index (χ0n) is 13.8. The molecule has 1 amide bonds. The number of benzene rings is 2. The summed E-state index contributed by atoms with van der Waals surface area (Å²) in [4.78, 5) is 27.5. The van der Waals surface area contributed by atoms with Crippen LogP contribution in [0.1, 0.15) is 39.1 Å². The Bertz CT molecular complexity index is 719. The molecule has 1 aliphatic heterocycles. The van der Waals surface area contributed by atoms with Crippen molar-refractivity contribution in [2.24, 2.45) is 0 Å². The number of ether oxygens (including phenoxy) is 1. The minimum Gasteiger partial charge on any atom is -0.381 e. The molecule has 1 aliphatic rings. The fraction of sp³-hybridized carbons (Fsp3) is 0.300. The molecule has 0 spiro atoms. The zero-order chi connectivity index (χ0) is 16.9. The van der Waals surface area contributed by atoms with Crippen LogP contribution in [-0.4, -0.2) is 42.9 Å². The number of carbonyl (C=O) groups is 2. The molecule has 2 aromatic carbocycles. The Balaban J connectivity index is 1.84. The van der Waals surface area contributed by atoms with E-state index in [9.17, 15) is 9.59 Å². The van der Waals surface area contributed by atoms with Gasteiger partial charge in [-0.05, 0) is 18.9 Å². The predicted molar refractivity (Wildman–Crippen MR) is 92.3 cm³/mol. The van der Waals surface area contributed by atoms with Crippen LogP contribution in [0.25, 0.3) is 0 Å². The van der Waals surface area contributed by atoms with Crippen molar-refractivity contribution in [3.63, 3.8) is 0 Å². The van der Waals surface area contributed by atoms with Gasteiger partial charge in [-0.2, -0.15) is 0 Å². The topological polar surface area (TPSA) is 46.6 Å². The summed E-state index contributed by atoms with van der Waals surface area (Å²) in [6.07, 6.45) is 1.88. The second-order valence-corrected chi connectivity index (χ2v) is 5.97. The molecule has 0 unspecified atom stereocenters. The Hall–Kier alpha value is -2.46. The number of rotatable bonds is 4. The molecule has 0 aliphatic carbocycles. The lowest BCUT2D eigenvalue weighted by Gasteiger charge is -2.31. The van der Waals surface area contributed by atoms with Crippen molar-refractivity contribution in [1.29, 1.82) is 0 Å². The first-order valence-electron chi connectivity index (χ1n) is 8.21. The van der Waals surface area contributed by atoms with E-state index in [0.29, 0.717) is 29.8 Å². The van der Waals surface area contributed by atoms with Gasteiger partial charge in [0.05, 0.1) is 11.7 Å². The van der Waals surface area contributed by atoms with Gasteiger partial charge in [0.25, 0.3) is 5.91 Å². The lowest BCUT2D eigenvalue weighted by atomic mass is 9.97. The number of nitrogens with zero attached hydrogens (tertiary/aromatic N) is 1. The first-order valence-corrected chi connectivity index (χ1v) is 8.21. The number of carbonyl (C=O) groups excluding carboxylic acids is 2. The molecule has 1 heterocycles. The fourth-order valence-corrected chi connectivity index (χ4v) is 3.08. The Morgan fingerprint density at radius 3 is 2.12 bits per heavy atom. The van der Waals surface area contributed by atoms with E-state index >= 15 is 0 Å². The maximum Gasteiger partial charge on any atom is 0.254 e. The smallest absolute Gasteiger partial charge is 0.254 e. The van der Waals surface area contributed by atoms with E-state index in [-0.39, 0.29) is 17.8 Å². The van der Waals surface area contributed by atoms with Crippen LogP contribution >= 0.6 is 0 Å². The number of amides is 1. The molecule has 0 bridgehead atoms. The minimum absolute atomic E-state index is 0.0792. The molecule has 24 heavy (non-hydrogen) atoms. The van der Waals surface area contributed by atoms with Crippen molar-refractivity contribution in [2.75, 3.05) is 20.2 Å². The molecule has 0 radical (unpaired) electrons. The standard InChI is InChI=1S/C20H21NO3/c1-24-16-11-13-21(14-12-16)20(23)18-10-6-5-9-17(18)19(22)15-7-3-2-4-8-15/h2-10,16H,11-14H2,1H3. The molecule has 0 saturated carbocycles. The molecule has 1 saturated heterocycles. The molecule has 4 heteroatoms. The highest BCUT2D eigenvalue weighted by atomic mass is 16.5. The average molecular weight is 323 g/mol. The Morgan fingerprint density at radius 1 is 0.917 bits per heavy atom. The zero-order valence-corrected chi connectivity index (χ0v) is 13.8. The van der Waals surface area contributed by atoms with Crippen LogP contribution < -0.4 is 0 Å². The molecule has 1 fully saturated rings. The number of hydrogen-bond acceptors (Lipinski definition) is 3. The fourth-order valence-electron chi connectivity index (χ4n) is 3.08. The van der Waals surface area contributed by atoms with Crippen molar-refractivity contribution in [2.45, 2.75) is 18.9 Å². The van der Waals surface area contributed by atoms with Crippen LogP contribution in [-0.2, 0) is 4.74 Å². The monoisotopic (exact) mass is 323 g/mol. The Labute approximate surface area is 142 Å². The number of hydrogen-bond donors (Lipinski definition) is 0. The minimum atomic E-state index is -0.119. The third-order valence-electron chi connectivity index (χ3n) is 4.50. The maximum atomic E-state index is 12.9. The third-order valence-corrected chi connectivity index (χ3v) is 4.50. The van der Waals surface area contributed by atoms with Gasteiger partial charge in [-0.3, -0.25) is 9.59 Å². The van der Waals surface area contributed by atoms with Crippen LogP contribution in [0, 0.1) is 0 Å². The molecular formula is C20H21NO3. The summed E-state index contributed by atoms with van der Waals surface area (Å²) in [6, 6.07) is 16.1. The average Bonchev–Trinajstić information content (AvgIpc) is 2.67. The third kappa shape index (κ3) is 3.39. The summed E-state index contributed by atoms with van der Waals surface area (Å²) in [6.45, 7) is 1.32. The van der Waals surface area contributed by atoms with Crippen molar-refractivity contribution >= 4 is 11.7 Å². The number of ketones is 1. The van der Waals surface area contributed by atoms with Crippen LogP contribution in [0.2, 0.25) is 0 Å². The second kappa shape index (κ2) is 7.41. The van der Waals surface area contributed by atoms with Gasteiger partial charge in [0, 0.05) is 31.3 Å². The molecule has 2 aromatic rings. The van der Waals surface area contributed by atoms with Gasteiger partial charge in [-0.25, -0.2) is 0 Å². The summed E-state index contributed by atoms with van der Waals surface area (Å²) in [7, 11) is 1.70. The predicted octanol–water partition coefficient (Wildman–Crippen LogP) is 3.17. The molecule has 124 valence electrons. The summed E-state index contributed by atoms with van der Waals surface area (Å²) < 4.78 is 5.35. The highest BCUT2D eigenvalue weighted by molar-refractivity contribution is 6.15. The van der Waals surface area contributed by atoms with Crippen molar-refractivity contribution < 1.29 is 14.3 Å². The van der Waals surface area contributed by atoms with Crippen LogP contribution in [0.15, 0.2) is 54.6 Å². The summed E-state index contributed by atoms with van der Waals surface area (Å²) >= 11 is 0. The highest BCUT2D eigenvalue weighted by Gasteiger charge is 2.26. The van der Waals surface area contributed by atoms with E-state index in [1.807, 2.05) is 23.1 Å². The lowest BCUT2D eigenvalue weighted by Crippen LogP contribution is -2.41. The van der Waals surface area contributed by atoms with Gasteiger partial charge in [0.1, 0.15) is 0 Å². The maximum absolute atomic E-state index is 12.9. The highest BCUT2D eigenvalue weighted by Crippen LogP contribution is 2.20. The van der Waals surface area contributed by atoms with E-state index in [1.54, 1.807) is 43.5 Å². The SMILES string of the molecule is COC1CCN(C(=O)c2ccccc2C(=O)c2ccccc2)CC1. The number of likely N-dealkylation sites (tertiary alicyclic amines) is 1. The van der Waals surface area contributed by atoms with Gasteiger partial charge in [-0.1, -0.05) is 48.5 Å². The van der Waals surface area contributed by atoms with Gasteiger partial charge in [0.2, 0.25) is 0 Å². The Kier molecular flexibility index (Phi) is 5.06. The molecular weight excluding hydrogens is 302 g/mol. The normalized spacial score (nSPS) is 15.3. The van der Waals surface area contributed by atoms with Crippen molar-refractivity contribution in [3.05, 3.63) is 71.3 Å². The van der Waals surface area contributed by atoms with E-state index in [0.717, 1.165) is 12.8 Å². The summed E-state index contributed by atoms with van der Waals surface area (Å²) in [5.74, 6) is -0.198. The van der Waals surface area contributed by atoms with E-state index in [2.05, 4.69) is 0 Å². The van der Waals surface area contributed by atoms with Gasteiger partial charge < -0.3 is 9.64 Å².